The number of nitrogens with one attached hydrogen (secondary N) is 1. The predicted octanol–water partition coefficient (Wildman–Crippen LogP) is 1.36. The Labute approximate surface area is 123 Å². The van der Waals surface area contributed by atoms with Gasteiger partial charge in [0.1, 0.15) is 5.82 Å². The number of hydrogen-bond acceptors (Lipinski definition) is 4. The number of imidazole rings is 1. The second-order valence-corrected chi connectivity index (χ2v) is 5.33. The van der Waals surface area contributed by atoms with Crippen LogP contribution in [0.3, 0.4) is 0 Å². The third-order valence-electron chi connectivity index (χ3n) is 3.86. The van der Waals surface area contributed by atoms with Gasteiger partial charge in [-0.1, -0.05) is 12.1 Å². The number of rotatable bonds is 4. The van der Waals surface area contributed by atoms with E-state index >= 15 is 0 Å². The smallest absolute Gasteiger partial charge is 0.111 e. The fraction of sp³-hybridized carbons (Fsp3) is 0.333. The minimum atomic E-state index is -0.0216. The van der Waals surface area contributed by atoms with E-state index in [0.29, 0.717) is 6.42 Å². The molecule has 0 fully saturated rings. The fourth-order valence-electron chi connectivity index (χ4n) is 2.77. The first kappa shape index (κ1) is 13.8. The number of benzene rings is 1. The molecule has 21 heavy (non-hydrogen) atoms. The second kappa shape index (κ2) is 5.31. The molecule has 3 aromatic rings. The van der Waals surface area contributed by atoms with Gasteiger partial charge in [-0.25, -0.2) is 4.98 Å². The quantitative estimate of drug-likeness (QED) is 0.560. The van der Waals surface area contributed by atoms with Gasteiger partial charge in [0, 0.05) is 20.5 Å². The van der Waals surface area contributed by atoms with E-state index in [1.807, 2.05) is 50.0 Å². The molecule has 2 aromatic heterocycles. The molecular formula is C15H20N6. The van der Waals surface area contributed by atoms with Crippen molar-refractivity contribution in [3.8, 4) is 0 Å². The standard InChI is InChI=1S/C15H20N6/c1-10-8-14(21(3)19-10)12(18-16)9-15-17-11-6-4-5-7-13(11)20(15)2/h4-8,12,18H,9,16H2,1-3H3. The van der Waals surface area contributed by atoms with E-state index < -0.39 is 0 Å². The van der Waals surface area contributed by atoms with Crippen LogP contribution in [0.15, 0.2) is 30.3 Å². The van der Waals surface area contributed by atoms with E-state index in [0.717, 1.165) is 28.2 Å². The van der Waals surface area contributed by atoms with Crippen molar-refractivity contribution in [1.29, 1.82) is 0 Å². The van der Waals surface area contributed by atoms with Gasteiger partial charge < -0.3 is 4.57 Å². The normalized spacial score (nSPS) is 13.0. The number of fused-ring (bicyclic) bond motifs is 1. The van der Waals surface area contributed by atoms with Crippen LogP contribution >= 0.6 is 0 Å². The minimum absolute atomic E-state index is 0.0216. The largest absolute Gasteiger partial charge is 0.331 e. The Bertz CT molecular complexity index is 770. The molecule has 0 spiro atoms. The number of aromatic nitrogens is 4. The Kier molecular flexibility index (Phi) is 3.48. The van der Waals surface area contributed by atoms with Gasteiger partial charge in [0.25, 0.3) is 0 Å². The number of nitrogens with zero attached hydrogens (tertiary/aromatic N) is 4. The molecule has 0 amide bonds. The van der Waals surface area contributed by atoms with Gasteiger partial charge in [0.15, 0.2) is 0 Å². The molecule has 2 heterocycles. The van der Waals surface area contributed by atoms with E-state index in [1.54, 1.807) is 0 Å². The SMILES string of the molecule is Cc1cc(C(Cc2nc3ccccc3n2C)NN)n(C)n1. The van der Waals surface area contributed by atoms with E-state index in [2.05, 4.69) is 21.2 Å². The van der Waals surface area contributed by atoms with Gasteiger partial charge in [0.05, 0.1) is 28.5 Å². The number of aryl methyl sites for hydroxylation is 3. The molecule has 3 rings (SSSR count). The van der Waals surface area contributed by atoms with Gasteiger partial charge in [0.2, 0.25) is 0 Å². The van der Waals surface area contributed by atoms with Gasteiger partial charge in [-0.3, -0.25) is 16.0 Å². The summed E-state index contributed by atoms with van der Waals surface area (Å²) in [5.74, 6) is 6.75. The monoisotopic (exact) mass is 284 g/mol. The van der Waals surface area contributed by atoms with Crippen LogP contribution in [0.4, 0.5) is 0 Å². The number of nitrogens with two attached hydrogens (primary N) is 1. The molecule has 1 aromatic carbocycles. The lowest BCUT2D eigenvalue weighted by molar-refractivity contribution is 0.494. The summed E-state index contributed by atoms with van der Waals surface area (Å²) in [5.41, 5.74) is 7.06. The maximum atomic E-state index is 5.75. The Morgan fingerprint density at radius 3 is 2.67 bits per heavy atom. The summed E-state index contributed by atoms with van der Waals surface area (Å²) in [5, 5.41) is 4.38. The molecule has 0 aliphatic rings. The molecular weight excluding hydrogens is 264 g/mol. The van der Waals surface area contributed by atoms with Crippen LogP contribution in [-0.4, -0.2) is 19.3 Å². The molecule has 6 nitrogen and oxygen atoms in total. The van der Waals surface area contributed by atoms with Crippen molar-refractivity contribution in [3.05, 3.63) is 47.5 Å². The molecule has 1 atom stereocenters. The summed E-state index contributed by atoms with van der Waals surface area (Å²) in [6.45, 7) is 1.98. The average Bonchev–Trinajstić information content (AvgIpc) is 2.97. The zero-order valence-corrected chi connectivity index (χ0v) is 12.5. The minimum Gasteiger partial charge on any atom is -0.331 e. The van der Waals surface area contributed by atoms with Crippen LogP contribution in [0.1, 0.15) is 23.3 Å². The van der Waals surface area contributed by atoms with Gasteiger partial charge in [-0.05, 0) is 25.1 Å². The van der Waals surface area contributed by atoms with Crippen LogP contribution in [-0.2, 0) is 20.5 Å². The molecule has 6 heteroatoms. The highest BCUT2D eigenvalue weighted by atomic mass is 15.3. The number of para-hydroxylation sites is 2. The van der Waals surface area contributed by atoms with E-state index in [-0.39, 0.29) is 6.04 Å². The van der Waals surface area contributed by atoms with Gasteiger partial charge in [-0.15, -0.1) is 0 Å². The molecule has 0 radical (unpaired) electrons. The molecule has 0 bridgehead atoms. The van der Waals surface area contributed by atoms with Gasteiger partial charge >= 0.3 is 0 Å². The molecule has 0 saturated heterocycles. The first-order valence-corrected chi connectivity index (χ1v) is 6.97. The summed E-state index contributed by atoms with van der Waals surface area (Å²) >= 11 is 0. The van der Waals surface area contributed by atoms with Crippen LogP contribution in [0, 0.1) is 6.92 Å². The summed E-state index contributed by atoms with van der Waals surface area (Å²) in [4.78, 5) is 4.70. The average molecular weight is 284 g/mol. The van der Waals surface area contributed by atoms with E-state index in [9.17, 15) is 0 Å². The molecule has 0 saturated carbocycles. The maximum absolute atomic E-state index is 5.75. The molecule has 3 N–H and O–H groups in total. The van der Waals surface area contributed by atoms with Crippen LogP contribution in [0.2, 0.25) is 0 Å². The zero-order valence-electron chi connectivity index (χ0n) is 12.5. The fourth-order valence-corrected chi connectivity index (χ4v) is 2.77. The lowest BCUT2D eigenvalue weighted by atomic mass is 10.1. The molecule has 110 valence electrons. The Hall–Kier alpha value is -2.18. The summed E-state index contributed by atoms with van der Waals surface area (Å²) < 4.78 is 3.98. The maximum Gasteiger partial charge on any atom is 0.111 e. The first-order chi connectivity index (χ1) is 10.1. The Balaban J connectivity index is 1.96. The lowest BCUT2D eigenvalue weighted by Gasteiger charge is -2.15. The number of hydrazine groups is 1. The summed E-state index contributed by atoms with van der Waals surface area (Å²) in [6.07, 6.45) is 0.709. The van der Waals surface area contributed by atoms with Crippen molar-refractivity contribution < 1.29 is 0 Å². The second-order valence-electron chi connectivity index (χ2n) is 5.33. The summed E-state index contributed by atoms with van der Waals surface area (Å²) in [6, 6.07) is 10.2. The molecule has 0 aliphatic heterocycles. The highest BCUT2D eigenvalue weighted by molar-refractivity contribution is 5.75. The Morgan fingerprint density at radius 1 is 1.29 bits per heavy atom. The van der Waals surface area contributed by atoms with Crippen molar-refractivity contribution in [2.45, 2.75) is 19.4 Å². The highest BCUT2D eigenvalue weighted by Crippen LogP contribution is 2.21. The topological polar surface area (TPSA) is 73.7 Å². The Morgan fingerprint density at radius 2 is 2.05 bits per heavy atom. The van der Waals surface area contributed by atoms with Crippen LogP contribution < -0.4 is 11.3 Å². The van der Waals surface area contributed by atoms with Crippen molar-refractivity contribution in [2.24, 2.45) is 19.9 Å². The summed E-state index contributed by atoms with van der Waals surface area (Å²) in [7, 11) is 3.97. The zero-order chi connectivity index (χ0) is 15.0. The van der Waals surface area contributed by atoms with Crippen molar-refractivity contribution in [2.75, 3.05) is 0 Å². The molecule has 0 aliphatic carbocycles. The predicted molar refractivity (Wildman–Crippen MR) is 82.4 cm³/mol. The van der Waals surface area contributed by atoms with Crippen molar-refractivity contribution in [3.63, 3.8) is 0 Å². The third kappa shape index (κ3) is 2.43. The number of hydrogen-bond donors (Lipinski definition) is 2. The lowest BCUT2D eigenvalue weighted by Crippen LogP contribution is -2.31. The van der Waals surface area contributed by atoms with E-state index in [4.69, 9.17) is 10.8 Å². The molecule has 1 unspecified atom stereocenters. The first-order valence-electron chi connectivity index (χ1n) is 6.97. The van der Waals surface area contributed by atoms with Crippen molar-refractivity contribution in [1.82, 2.24) is 24.8 Å². The van der Waals surface area contributed by atoms with Crippen molar-refractivity contribution >= 4 is 11.0 Å². The van der Waals surface area contributed by atoms with Gasteiger partial charge in [-0.2, -0.15) is 5.10 Å². The highest BCUT2D eigenvalue weighted by Gasteiger charge is 2.18. The third-order valence-corrected chi connectivity index (χ3v) is 3.86. The van der Waals surface area contributed by atoms with Crippen LogP contribution in [0.5, 0.6) is 0 Å². The van der Waals surface area contributed by atoms with Crippen LogP contribution in [0.25, 0.3) is 11.0 Å². The van der Waals surface area contributed by atoms with E-state index in [1.165, 1.54) is 0 Å².